The van der Waals surface area contributed by atoms with E-state index in [0.29, 0.717) is 18.7 Å². The molecule has 0 saturated carbocycles. The van der Waals surface area contributed by atoms with Crippen molar-refractivity contribution in [3.8, 4) is 11.5 Å². The Bertz CT molecular complexity index is 1070. The quantitative estimate of drug-likeness (QED) is 0.666. The molecule has 1 aliphatic rings. The normalized spacial score (nSPS) is 13.8. The Hall–Kier alpha value is -3.27. The molecule has 0 spiro atoms. The van der Waals surface area contributed by atoms with E-state index in [1.807, 2.05) is 0 Å². The number of hydrogen-bond donors (Lipinski definition) is 1. The Morgan fingerprint density at radius 2 is 1.67 bits per heavy atom. The van der Waals surface area contributed by atoms with Crippen molar-refractivity contribution in [2.24, 2.45) is 0 Å². The molecule has 2 aromatic rings. The van der Waals surface area contributed by atoms with Gasteiger partial charge in [-0.3, -0.25) is 9.52 Å². The van der Waals surface area contributed by atoms with Gasteiger partial charge in [-0.05, 0) is 30.7 Å². The number of anilines is 2. The number of esters is 1. The maximum atomic E-state index is 12.9. The molecule has 0 unspecified atom stereocenters. The highest BCUT2D eigenvalue weighted by atomic mass is 32.2. The summed E-state index contributed by atoms with van der Waals surface area (Å²) in [6.45, 7) is 0.608. The zero-order chi connectivity index (χ0) is 21.9. The van der Waals surface area contributed by atoms with Crippen LogP contribution in [0.4, 0.5) is 11.4 Å². The van der Waals surface area contributed by atoms with Gasteiger partial charge in [0.15, 0.2) is 11.5 Å². The number of sulfonamides is 1. The van der Waals surface area contributed by atoms with Crippen LogP contribution < -0.4 is 19.1 Å². The lowest BCUT2D eigenvalue weighted by molar-refractivity contribution is -0.117. The number of amides is 1. The van der Waals surface area contributed by atoms with Crippen LogP contribution in [0.1, 0.15) is 23.2 Å². The van der Waals surface area contributed by atoms with Gasteiger partial charge in [-0.2, -0.15) is 0 Å². The average Bonchev–Trinajstić information content (AvgIpc) is 3.18. The van der Waals surface area contributed by atoms with Gasteiger partial charge in [-0.15, -0.1) is 0 Å². The first-order valence-corrected chi connectivity index (χ1v) is 10.6. The molecule has 1 N–H and O–H groups in total. The second-order valence-electron chi connectivity index (χ2n) is 6.49. The van der Waals surface area contributed by atoms with Gasteiger partial charge in [0.1, 0.15) is 0 Å². The summed E-state index contributed by atoms with van der Waals surface area (Å²) in [5.41, 5.74) is 0.592. The van der Waals surface area contributed by atoms with E-state index in [0.717, 1.165) is 6.42 Å². The highest BCUT2D eigenvalue weighted by Crippen LogP contribution is 2.35. The number of ether oxygens (including phenoxy) is 3. The van der Waals surface area contributed by atoms with Crippen LogP contribution in [-0.4, -0.2) is 48.2 Å². The second-order valence-corrected chi connectivity index (χ2v) is 8.18. The van der Waals surface area contributed by atoms with Crippen LogP contribution >= 0.6 is 0 Å². The average molecular weight is 434 g/mol. The molecular formula is C20H22N2O7S. The van der Waals surface area contributed by atoms with Crippen molar-refractivity contribution < 1.29 is 32.2 Å². The van der Waals surface area contributed by atoms with Crippen molar-refractivity contribution in [3.05, 3.63) is 42.0 Å². The third-order valence-corrected chi connectivity index (χ3v) is 6.09. The largest absolute Gasteiger partial charge is 0.493 e. The topological polar surface area (TPSA) is 111 Å². The van der Waals surface area contributed by atoms with Crippen LogP contribution in [0.5, 0.6) is 11.5 Å². The molecule has 1 amide bonds. The Balaban J connectivity index is 1.94. The van der Waals surface area contributed by atoms with Gasteiger partial charge in [0.2, 0.25) is 5.91 Å². The molecule has 0 aromatic heterocycles. The summed E-state index contributed by atoms with van der Waals surface area (Å²) in [7, 11) is -0.0500. The fourth-order valence-corrected chi connectivity index (χ4v) is 4.24. The van der Waals surface area contributed by atoms with Crippen molar-refractivity contribution in [3.63, 3.8) is 0 Å². The highest BCUT2D eigenvalue weighted by Gasteiger charge is 2.24. The Kier molecular flexibility index (Phi) is 6.16. The fraction of sp³-hybridized carbons (Fsp3) is 0.300. The molecule has 0 atom stereocenters. The number of nitrogens with zero attached hydrogens (tertiary/aromatic N) is 1. The van der Waals surface area contributed by atoms with E-state index in [4.69, 9.17) is 14.2 Å². The summed E-state index contributed by atoms with van der Waals surface area (Å²) in [5.74, 6) is -0.237. The monoisotopic (exact) mass is 434 g/mol. The lowest BCUT2D eigenvalue weighted by atomic mass is 10.1. The van der Waals surface area contributed by atoms with Crippen LogP contribution in [0.15, 0.2) is 41.3 Å². The lowest BCUT2D eigenvalue weighted by Crippen LogP contribution is -2.23. The maximum absolute atomic E-state index is 12.9. The molecule has 1 aliphatic heterocycles. The third-order valence-electron chi connectivity index (χ3n) is 4.71. The first-order valence-electron chi connectivity index (χ1n) is 9.08. The van der Waals surface area contributed by atoms with Crippen molar-refractivity contribution in [1.29, 1.82) is 0 Å². The molecule has 3 rings (SSSR count). The number of nitrogens with one attached hydrogen (secondary N) is 1. The van der Waals surface area contributed by atoms with E-state index in [9.17, 15) is 18.0 Å². The minimum Gasteiger partial charge on any atom is -0.493 e. The molecule has 0 radical (unpaired) electrons. The van der Waals surface area contributed by atoms with E-state index in [1.165, 1.54) is 45.6 Å². The molecule has 160 valence electrons. The van der Waals surface area contributed by atoms with Gasteiger partial charge >= 0.3 is 5.97 Å². The summed E-state index contributed by atoms with van der Waals surface area (Å²) in [5, 5.41) is 0. The number of hydrogen-bond acceptors (Lipinski definition) is 7. The summed E-state index contributed by atoms with van der Waals surface area (Å²) < 4.78 is 43.3. The van der Waals surface area contributed by atoms with Gasteiger partial charge in [0.25, 0.3) is 10.0 Å². The molecule has 30 heavy (non-hydrogen) atoms. The first kappa shape index (κ1) is 21.4. The number of carbonyl (C=O) groups excluding carboxylic acids is 2. The van der Waals surface area contributed by atoms with Gasteiger partial charge in [0, 0.05) is 30.8 Å². The van der Waals surface area contributed by atoms with Crippen LogP contribution in [0.2, 0.25) is 0 Å². The predicted molar refractivity (Wildman–Crippen MR) is 110 cm³/mol. The molecule has 2 aromatic carbocycles. The molecule has 1 fully saturated rings. The Morgan fingerprint density at radius 3 is 2.20 bits per heavy atom. The van der Waals surface area contributed by atoms with Crippen LogP contribution in [0.25, 0.3) is 0 Å². The maximum Gasteiger partial charge on any atom is 0.340 e. The zero-order valence-corrected chi connectivity index (χ0v) is 17.6. The van der Waals surface area contributed by atoms with Crippen LogP contribution in [0, 0.1) is 0 Å². The number of carbonyl (C=O) groups is 2. The predicted octanol–water partition coefficient (Wildman–Crippen LogP) is 2.42. The third kappa shape index (κ3) is 4.18. The SMILES string of the molecule is COC(=O)c1cc(OC)c(OC)cc1NS(=O)(=O)c1ccc(N2CCCC2=O)cc1. The van der Waals surface area contributed by atoms with E-state index in [2.05, 4.69) is 4.72 Å². The lowest BCUT2D eigenvalue weighted by Gasteiger charge is -2.17. The van der Waals surface area contributed by atoms with Crippen molar-refractivity contribution in [1.82, 2.24) is 0 Å². The molecular weight excluding hydrogens is 412 g/mol. The number of rotatable bonds is 7. The van der Waals surface area contributed by atoms with Crippen molar-refractivity contribution in [2.45, 2.75) is 17.7 Å². The second kappa shape index (κ2) is 8.62. The van der Waals surface area contributed by atoms with Crippen molar-refractivity contribution in [2.75, 3.05) is 37.5 Å². The summed E-state index contributed by atoms with van der Waals surface area (Å²) >= 11 is 0. The van der Waals surface area contributed by atoms with Gasteiger partial charge in [0.05, 0.1) is 37.5 Å². The van der Waals surface area contributed by atoms with E-state index >= 15 is 0 Å². The van der Waals surface area contributed by atoms with E-state index in [-0.39, 0.29) is 33.6 Å². The standard InChI is InChI=1S/C20H22N2O7S/c1-27-17-11-15(20(24)29-3)16(12-18(17)28-2)21-30(25,26)14-8-6-13(7-9-14)22-10-4-5-19(22)23/h6-9,11-12,21H,4-5,10H2,1-3H3. The molecule has 9 nitrogen and oxygen atoms in total. The highest BCUT2D eigenvalue weighted by molar-refractivity contribution is 7.92. The minimum absolute atomic E-state index is 0.0109. The summed E-state index contributed by atoms with van der Waals surface area (Å²) in [6, 6.07) is 8.65. The zero-order valence-electron chi connectivity index (χ0n) is 16.8. The molecule has 0 bridgehead atoms. The summed E-state index contributed by atoms with van der Waals surface area (Å²) in [4.78, 5) is 25.6. The van der Waals surface area contributed by atoms with E-state index in [1.54, 1.807) is 17.0 Å². The molecule has 1 heterocycles. The smallest absolute Gasteiger partial charge is 0.340 e. The van der Waals surface area contributed by atoms with Gasteiger partial charge < -0.3 is 19.1 Å². The minimum atomic E-state index is -4.03. The Morgan fingerprint density at radius 1 is 1.03 bits per heavy atom. The molecule has 10 heteroatoms. The number of methoxy groups -OCH3 is 3. The van der Waals surface area contributed by atoms with E-state index < -0.39 is 16.0 Å². The first-order chi connectivity index (χ1) is 14.3. The van der Waals surface area contributed by atoms with Crippen molar-refractivity contribution >= 4 is 33.3 Å². The van der Waals surface area contributed by atoms with Crippen LogP contribution in [0.3, 0.4) is 0 Å². The molecule has 0 aliphatic carbocycles. The summed E-state index contributed by atoms with van der Waals surface area (Å²) in [6.07, 6.45) is 1.26. The molecule has 1 saturated heterocycles. The van der Waals surface area contributed by atoms with Gasteiger partial charge in [-0.1, -0.05) is 0 Å². The van der Waals surface area contributed by atoms with Gasteiger partial charge in [-0.25, -0.2) is 13.2 Å². The fourth-order valence-electron chi connectivity index (χ4n) is 3.17. The number of benzene rings is 2. The van der Waals surface area contributed by atoms with Crippen LogP contribution in [-0.2, 0) is 19.6 Å². The Labute approximate surface area is 174 Å².